The van der Waals surface area contributed by atoms with Gasteiger partial charge >= 0.3 is 6.09 Å². The molecule has 1 aromatic rings. The van der Waals surface area contributed by atoms with Gasteiger partial charge < -0.3 is 20.7 Å². The van der Waals surface area contributed by atoms with Crippen LogP contribution >= 0.6 is 0 Å². The lowest BCUT2D eigenvalue weighted by molar-refractivity contribution is 0.0187. The summed E-state index contributed by atoms with van der Waals surface area (Å²) in [5.41, 5.74) is 6.51. The minimum atomic E-state index is -0.451. The zero-order valence-electron chi connectivity index (χ0n) is 16.1. The number of aliphatic imine (C=N–C) groups is 1. The molecule has 1 aromatic heterocycles. The second kappa shape index (κ2) is 9.40. The fourth-order valence-corrected chi connectivity index (χ4v) is 2.77. The van der Waals surface area contributed by atoms with Gasteiger partial charge in [0.2, 0.25) is 0 Å². The smallest absolute Gasteiger partial charge is 0.410 e. The standard InChI is InChI=1S/C19H31N5O2/c1-19(2,3)26-18(25)24-12-8-15(9-13-24)14-23-17(20)22-11-7-16-6-4-5-10-21-16/h4-6,10,15H,7-9,11-14H2,1-3H3,(H3,20,22,23). The third-order valence-electron chi connectivity index (χ3n) is 4.20. The average Bonchev–Trinajstić information content (AvgIpc) is 2.60. The third kappa shape index (κ3) is 7.29. The molecule has 1 saturated heterocycles. The van der Waals surface area contributed by atoms with Crippen LogP contribution < -0.4 is 11.1 Å². The van der Waals surface area contributed by atoms with Gasteiger partial charge in [0.05, 0.1) is 0 Å². The largest absolute Gasteiger partial charge is 0.444 e. The minimum absolute atomic E-state index is 0.227. The molecule has 0 bridgehead atoms. The summed E-state index contributed by atoms with van der Waals surface area (Å²) in [4.78, 5) is 22.6. The summed E-state index contributed by atoms with van der Waals surface area (Å²) in [6.07, 6.45) is 4.21. The number of amides is 1. The number of carbonyl (C=O) groups excluding carboxylic acids is 1. The highest BCUT2D eigenvalue weighted by atomic mass is 16.6. The molecule has 0 spiro atoms. The summed E-state index contributed by atoms with van der Waals surface area (Å²) in [6, 6.07) is 5.87. The summed E-state index contributed by atoms with van der Waals surface area (Å²) in [7, 11) is 0. The van der Waals surface area contributed by atoms with Crippen molar-refractivity contribution >= 4 is 12.1 Å². The van der Waals surface area contributed by atoms with Crippen molar-refractivity contribution < 1.29 is 9.53 Å². The van der Waals surface area contributed by atoms with Crippen LogP contribution in [0.25, 0.3) is 0 Å². The topological polar surface area (TPSA) is 92.8 Å². The summed E-state index contributed by atoms with van der Waals surface area (Å²) >= 11 is 0. The number of guanidine groups is 1. The molecule has 0 aliphatic carbocycles. The summed E-state index contributed by atoms with van der Waals surface area (Å²) in [5, 5.41) is 3.13. The zero-order chi connectivity index (χ0) is 19.0. The van der Waals surface area contributed by atoms with E-state index in [4.69, 9.17) is 10.5 Å². The normalized spacial score (nSPS) is 16.4. The number of likely N-dealkylation sites (tertiary alicyclic amines) is 1. The monoisotopic (exact) mass is 361 g/mol. The molecule has 0 saturated carbocycles. The van der Waals surface area contributed by atoms with Crippen LogP contribution in [0.4, 0.5) is 4.79 Å². The van der Waals surface area contributed by atoms with Crippen LogP contribution in [0.5, 0.6) is 0 Å². The Morgan fingerprint density at radius 3 is 2.73 bits per heavy atom. The van der Waals surface area contributed by atoms with E-state index in [1.54, 1.807) is 11.1 Å². The van der Waals surface area contributed by atoms with Crippen molar-refractivity contribution in [2.45, 2.75) is 45.6 Å². The predicted octanol–water partition coefficient (Wildman–Crippen LogP) is 2.18. The van der Waals surface area contributed by atoms with E-state index in [0.717, 1.165) is 25.0 Å². The van der Waals surface area contributed by atoms with Gasteiger partial charge in [0, 0.05) is 44.5 Å². The molecule has 1 fully saturated rings. The van der Waals surface area contributed by atoms with Gasteiger partial charge in [-0.1, -0.05) is 6.07 Å². The molecule has 1 aliphatic heterocycles. The number of pyridine rings is 1. The van der Waals surface area contributed by atoms with E-state index in [2.05, 4.69) is 15.3 Å². The third-order valence-corrected chi connectivity index (χ3v) is 4.20. The van der Waals surface area contributed by atoms with Crippen LogP contribution in [-0.4, -0.2) is 53.7 Å². The van der Waals surface area contributed by atoms with Crippen LogP contribution in [0.2, 0.25) is 0 Å². The first-order valence-electron chi connectivity index (χ1n) is 9.25. The molecule has 2 rings (SSSR count). The van der Waals surface area contributed by atoms with Gasteiger partial charge in [-0.25, -0.2) is 4.79 Å². The van der Waals surface area contributed by atoms with Crippen LogP contribution in [0.15, 0.2) is 29.4 Å². The lowest BCUT2D eigenvalue weighted by Gasteiger charge is -2.33. The van der Waals surface area contributed by atoms with Gasteiger partial charge in [-0.3, -0.25) is 9.98 Å². The predicted molar refractivity (Wildman–Crippen MR) is 103 cm³/mol. The van der Waals surface area contributed by atoms with Crippen molar-refractivity contribution in [3.63, 3.8) is 0 Å². The Bertz CT molecular complexity index is 590. The lowest BCUT2D eigenvalue weighted by atomic mass is 9.97. The molecule has 0 aromatic carbocycles. The second-order valence-electron chi connectivity index (χ2n) is 7.63. The molecule has 144 valence electrons. The Kier molecular flexibility index (Phi) is 7.24. The maximum atomic E-state index is 12.1. The number of nitrogens with one attached hydrogen (secondary N) is 1. The van der Waals surface area contributed by atoms with Crippen LogP contribution in [0.1, 0.15) is 39.3 Å². The SMILES string of the molecule is CC(C)(C)OC(=O)N1CCC(CN=C(N)NCCc2ccccn2)CC1. The first-order valence-corrected chi connectivity index (χ1v) is 9.25. The second-order valence-corrected chi connectivity index (χ2v) is 7.63. The number of carbonyl (C=O) groups is 1. The maximum absolute atomic E-state index is 12.1. The van der Waals surface area contributed by atoms with Gasteiger partial charge in [-0.05, 0) is 51.7 Å². The van der Waals surface area contributed by atoms with Gasteiger partial charge in [0.1, 0.15) is 5.60 Å². The van der Waals surface area contributed by atoms with E-state index in [9.17, 15) is 4.79 Å². The Labute approximate surface area is 156 Å². The van der Waals surface area contributed by atoms with Crippen molar-refractivity contribution in [3.05, 3.63) is 30.1 Å². The van der Waals surface area contributed by atoms with Crippen molar-refractivity contribution in [1.29, 1.82) is 0 Å². The van der Waals surface area contributed by atoms with E-state index in [1.807, 2.05) is 39.0 Å². The van der Waals surface area contributed by atoms with Crippen molar-refractivity contribution in [2.75, 3.05) is 26.2 Å². The molecule has 1 aliphatic rings. The number of nitrogens with zero attached hydrogens (tertiary/aromatic N) is 3. The number of piperidine rings is 1. The fraction of sp³-hybridized carbons (Fsp3) is 0.632. The molecule has 7 heteroatoms. The first kappa shape index (κ1) is 20.0. The van der Waals surface area contributed by atoms with Gasteiger partial charge in [0.15, 0.2) is 5.96 Å². The van der Waals surface area contributed by atoms with E-state index >= 15 is 0 Å². The van der Waals surface area contributed by atoms with Gasteiger partial charge in [0.25, 0.3) is 0 Å². The Morgan fingerprint density at radius 1 is 1.38 bits per heavy atom. The highest BCUT2D eigenvalue weighted by Gasteiger charge is 2.26. The molecule has 3 N–H and O–H groups in total. The van der Waals surface area contributed by atoms with Crippen LogP contribution in [0.3, 0.4) is 0 Å². The molecule has 26 heavy (non-hydrogen) atoms. The molecule has 2 heterocycles. The fourth-order valence-electron chi connectivity index (χ4n) is 2.77. The number of rotatable bonds is 5. The average molecular weight is 361 g/mol. The van der Waals surface area contributed by atoms with Crippen LogP contribution in [0, 0.1) is 5.92 Å². The number of ether oxygens (including phenoxy) is 1. The molecular formula is C19H31N5O2. The molecule has 0 unspecified atom stereocenters. The van der Waals surface area contributed by atoms with E-state index in [1.165, 1.54) is 0 Å². The zero-order valence-corrected chi connectivity index (χ0v) is 16.1. The molecule has 0 radical (unpaired) electrons. The maximum Gasteiger partial charge on any atom is 0.410 e. The van der Waals surface area contributed by atoms with Crippen molar-refractivity contribution in [2.24, 2.45) is 16.6 Å². The van der Waals surface area contributed by atoms with Gasteiger partial charge in [-0.15, -0.1) is 0 Å². The van der Waals surface area contributed by atoms with E-state index in [0.29, 0.717) is 38.1 Å². The van der Waals surface area contributed by atoms with Crippen LogP contribution in [-0.2, 0) is 11.2 Å². The van der Waals surface area contributed by atoms with Crippen molar-refractivity contribution in [3.8, 4) is 0 Å². The molecule has 0 atom stereocenters. The summed E-state index contributed by atoms with van der Waals surface area (Å²) < 4.78 is 5.42. The number of hydrogen-bond acceptors (Lipinski definition) is 4. The Hall–Kier alpha value is -2.31. The van der Waals surface area contributed by atoms with E-state index in [-0.39, 0.29) is 6.09 Å². The summed E-state index contributed by atoms with van der Waals surface area (Å²) in [5.74, 6) is 0.917. The molecule has 7 nitrogen and oxygen atoms in total. The van der Waals surface area contributed by atoms with E-state index < -0.39 is 5.60 Å². The number of aromatic nitrogens is 1. The number of nitrogens with two attached hydrogens (primary N) is 1. The number of hydrogen-bond donors (Lipinski definition) is 2. The highest BCUT2D eigenvalue weighted by Crippen LogP contribution is 2.19. The summed E-state index contributed by atoms with van der Waals surface area (Å²) in [6.45, 7) is 8.47. The van der Waals surface area contributed by atoms with Gasteiger partial charge in [-0.2, -0.15) is 0 Å². The Balaban J connectivity index is 1.65. The Morgan fingerprint density at radius 2 is 2.12 bits per heavy atom. The quantitative estimate of drug-likeness (QED) is 0.619. The molecular weight excluding hydrogens is 330 g/mol. The minimum Gasteiger partial charge on any atom is -0.444 e. The molecule has 1 amide bonds. The lowest BCUT2D eigenvalue weighted by Crippen LogP contribution is -2.42. The first-order chi connectivity index (χ1) is 12.3. The highest BCUT2D eigenvalue weighted by molar-refractivity contribution is 5.77. The van der Waals surface area contributed by atoms with Crippen molar-refractivity contribution in [1.82, 2.24) is 15.2 Å².